The maximum Gasteiger partial charge on any atom is 0.219 e. The smallest absolute Gasteiger partial charge is 0.219 e. The number of hydrogen-bond donors (Lipinski definition) is 2. The van der Waals surface area contributed by atoms with Gasteiger partial charge in [-0.15, -0.1) is 0 Å². The van der Waals surface area contributed by atoms with Crippen LogP contribution in [0.3, 0.4) is 0 Å². The number of rotatable bonds is 4. The highest BCUT2D eigenvalue weighted by atomic mass is 16.5. The lowest BCUT2D eigenvalue weighted by Gasteiger charge is -2.09. The van der Waals surface area contributed by atoms with Gasteiger partial charge in [0.25, 0.3) is 0 Å². The van der Waals surface area contributed by atoms with Crippen LogP contribution in [0.25, 0.3) is 0 Å². The Hall–Kier alpha value is -2.36. The number of nitrogens with one attached hydrogen (secondary N) is 1. The lowest BCUT2D eigenvalue weighted by molar-refractivity contribution is 0.461. The Balaban J connectivity index is 2.23. The van der Waals surface area contributed by atoms with Gasteiger partial charge in [-0.2, -0.15) is 0 Å². The van der Waals surface area contributed by atoms with Crippen molar-refractivity contribution < 1.29 is 4.74 Å². The lowest BCUT2D eigenvalue weighted by Crippen LogP contribution is -2.13. The van der Waals surface area contributed by atoms with Crippen LogP contribution in [0.4, 0.5) is 0 Å². The quantitative estimate of drug-likeness (QED) is 0.650. The first-order valence-electron chi connectivity index (χ1n) is 6.15. The Morgan fingerprint density at radius 1 is 1.21 bits per heavy atom. The van der Waals surface area contributed by atoms with Gasteiger partial charge < -0.3 is 10.5 Å². The summed E-state index contributed by atoms with van der Waals surface area (Å²) in [4.78, 5) is 4.17. The Morgan fingerprint density at radius 3 is 2.63 bits per heavy atom. The van der Waals surface area contributed by atoms with Crippen molar-refractivity contribution in [3.05, 3.63) is 53.7 Å². The summed E-state index contributed by atoms with van der Waals surface area (Å²) in [5, 5.41) is 7.36. The molecule has 2 rings (SSSR count). The van der Waals surface area contributed by atoms with Gasteiger partial charge in [0, 0.05) is 6.07 Å². The van der Waals surface area contributed by atoms with Crippen LogP contribution in [0.1, 0.15) is 31.0 Å². The van der Waals surface area contributed by atoms with Crippen molar-refractivity contribution in [2.24, 2.45) is 5.73 Å². The summed E-state index contributed by atoms with van der Waals surface area (Å²) in [7, 11) is 0. The first kappa shape index (κ1) is 13.1. The molecule has 0 aliphatic carbocycles. The van der Waals surface area contributed by atoms with Gasteiger partial charge in [-0.05, 0) is 29.7 Å². The van der Waals surface area contributed by atoms with Crippen LogP contribution in [-0.4, -0.2) is 10.8 Å². The molecule has 0 unspecified atom stereocenters. The van der Waals surface area contributed by atoms with E-state index in [2.05, 4.69) is 24.9 Å². The number of hydrogen-bond acceptors (Lipinski definition) is 3. The normalized spacial score (nSPS) is 10.5. The summed E-state index contributed by atoms with van der Waals surface area (Å²) >= 11 is 0. The standard InChI is InChI=1S/C15H17N3O/c1-10(2)11-5-3-6-12(9-11)19-14-8-4-7-13(18-14)15(16)17/h3-10H,1-2H3,(H3,16,17). The van der Waals surface area contributed by atoms with Crippen molar-refractivity contribution in [2.45, 2.75) is 19.8 Å². The fourth-order valence-electron chi connectivity index (χ4n) is 1.68. The van der Waals surface area contributed by atoms with Gasteiger partial charge in [0.2, 0.25) is 5.88 Å². The van der Waals surface area contributed by atoms with Crippen molar-refractivity contribution in [1.82, 2.24) is 4.98 Å². The molecule has 1 aromatic heterocycles. The fourth-order valence-corrected chi connectivity index (χ4v) is 1.68. The van der Waals surface area contributed by atoms with Crippen LogP contribution in [0.2, 0.25) is 0 Å². The van der Waals surface area contributed by atoms with E-state index < -0.39 is 0 Å². The molecule has 0 saturated heterocycles. The topological polar surface area (TPSA) is 72.0 Å². The minimum atomic E-state index is -0.0682. The molecule has 0 amide bonds. The van der Waals surface area contributed by atoms with E-state index in [4.69, 9.17) is 15.9 Å². The SMILES string of the molecule is CC(C)c1cccc(Oc2cccc(C(=N)N)n2)c1. The summed E-state index contributed by atoms with van der Waals surface area (Å²) < 4.78 is 5.70. The van der Waals surface area contributed by atoms with Crippen LogP contribution < -0.4 is 10.5 Å². The summed E-state index contributed by atoms with van der Waals surface area (Å²) in [6, 6.07) is 13.1. The zero-order valence-electron chi connectivity index (χ0n) is 11.1. The third-order valence-corrected chi connectivity index (χ3v) is 2.75. The van der Waals surface area contributed by atoms with Crippen LogP contribution in [0.5, 0.6) is 11.6 Å². The van der Waals surface area contributed by atoms with E-state index in [-0.39, 0.29) is 5.84 Å². The predicted molar refractivity (Wildman–Crippen MR) is 75.9 cm³/mol. The highest BCUT2D eigenvalue weighted by Crippen LogP contribution is 2.24. The molecule has 4 heteroatoms. The van der Waals surface area contributed by atoms with Crippen LogP contribution in [0.15, 0.2) is 42.5 Å². The number of nitrogen functional groups attached to an aromatic ring is 1. The Kier molecular flexibility index (Phi) is 3.80. The van der Waals surface area contributed by atoms with Gasteiger partial charge in [0.1, 0.15) is 17.3 Å². The Bertz CT molecular complexity index is 593. The molecule has 0 fully saturated rings. The van der Waals surface area contributed by atoms with Gasteiger partial charge in [0.15, 0.2) is 0 Å². The first-order valence-corrected chi connectivity index (χ1v) is 6.15. The van der Waals surface area contributed by atoms with E-state index in [0.717, 1.165) is 5.75 Å². The number of nitrogens with two attached hydrogens (primary N) is 1. The minimum absolute atomic E-state index is 0.0682. The second-order valence-electron chi connectivity index (χ2n) is 4.60. The zero-order valence-corrected chi connectivity index (χ0v) is 11.1. The summed E-state index contributed by atoms with van der Waals surface area (Å²) in [6.07, 6.45) is 0. The lowest BCUT2D eigenvalue weighted by atomic mass is 10.0. The van der Waals surface area contributed by atoms with Crippen LogP contribution >= 0.6 is 0 Å². The minimum Gasteiger partial charge on any atom is -0.439 e. The molecule has 4 nitrogen and oxygen atoms in total. The van der Waals surface area contributed by atoms with Crippen LogP contribution in [0, 0.1) is 5.41 Å². The van der Waals surface area contributed by atoms with Crippen molar-refractivity contribution in [3.8, 4) is 11.6 Å². The second-order valence-corrected chi connectivity index (χ2v) is 4.60. The molecule has 0 bridgehead atoms. The molecule has 19 heavy (non-hydrogen) atoms. The van der Waals surface area contributed by atoms with Gasteiger partial charge in [-0.3, -0.25) is 5.41 Å². The Labute approximate surface area is 112 Å². The monoisotopic (exact) mass is 255 g/mol. The van der Waals surface area contributed by atoms with Crippen molar-refractivity contribution >= 4 is 5.84 Å². The number of ether oxygens (including phenoxy) is 1. The second kappa shape index (κ2) is 5.52. The zero-order chi connectivity index (χ0) is 13.8. The summed E-state index contributed by atoms with van der Waals surface area (Å²) in [5.41, 5.74) is 7.03. The van der Waals surface area contributed by atoms with Gasteiger partial charge in [-0.25, -0.2) is 4.98 Å². The number of nitrogens with zero attached hydrogens (tertiary/aromatic N) is 1. The summed E-state index contributed by atoms with van der Waals surface area (Å²) in [5.74, 6) is 1.55. The molecule has 1 heterocycles. The van der Waals surface area contributed by atoms with Gasteiger partial charge in [0.05, 0.1) is 0 Å². The van der Waals surface area contributed by atoms with Crippen molar-refractivity contribution in [3.63, 3.8) is 0 Å². The van der Waals surface area contributed by atoms with Gasteiger partial charge >= 0.3 is 0 Å². The largest absolute Gasteiger partial charge is 0.439 e. The van der Waals surface area contributed by atoms with E-state index in [9.17, 15) is 0 Å². The average Bonchev–Trinajstić information content (AvgIpc) is 2.39. The molecular weight excluding hydrogens is 238 g/mol. The number of aromatic nitrogens is 1. The third-order valence-electron chi connectivity index (χ3n) is 2.75. The maximum atomic E-state index is 7.36. The highest BCUT2D eigenvalue weighted by Gasteiger charge is 2.04. The summed E-state index contributed by atoms with van der Waals surface area (Å²) in [6.45, 7) is 4.27. The van der Waals surface area contributed by atoms with E-state index in [1.807, 2.05) is 18.2 Å². The molecule has 2 aromatic rings. The van der Waals surface area contributed by atoms with E-state index in [1.54, 1.807) is 18.2 Å². The van der Waals surface area contributed by atoms with E-state index in [1.165, 1.54) is 5.56 Å². The first-order chi connectivity index (χ1) is 9.06. The predicted octanol–water partition coefficient (Wildman–Crippen LogP) is 3.28. The molecule has 1 aromatic carbocycles. The van der Waals surface area contributed by atoms with Crippen molar-refractivity contribution in [2.75, 3.05) is 0 Å². The molecule has 0 aliphatic rings. The van der Waals surface area contributed by atoms with E-state index >= 15 is 0 Å². The average molecular weight is 255 g/mol. The molecule has 3 N–H and O–H groups in total. The molecule has 0 radical (unpaired) electrons. The maximum absolute atomic E-state index is 7.36. The fraction of sp³-hybridized carbons (Fsp3) is 0.200. The molecule has 0 saturated carbocycles. The van der Waals surface area contributed by atoms with Gasteiger partial charge in [-0.1, -0.05) is 32.0 Å². The number of benzene rings is 1. The third kappa shape index (κ3) is 3.31. The van der Waals surface area contributed by atoms with Crippen molar-refractivity contribution in [1.29, 1.82) is 5.41 Å². The Morgan fingerprint density at radius 2 is 1.95 bits per heavy atom. The molecule has 0 atom stereocenters. The highest BCUT2D eigenvalue weighted by molar-refractivity contribution is 5.93. The molecule has 0 spiro atoms. The number of pyridine rings is 1. The van der Waals surface area contributed by atoms with Crippen LogP contribution in [-0.2, 0) is 0 Å². The molecular formula is C15H17N3O. The molecule has 98 valence electrons. The molecule has 0 aliphatic heterocycles. The van der Waals surface area contributed by atoms with E-state index in [0.29, 0.717) is 17.5 Å². The number of amidine groups is 1.